The number of aromatic nitrogens is 4. The molecule has 0 bridgehead atoms. The molecule has 1 saturated heterocycles. The molecule has 1 aliphatic heterocycles. The van der Waals surface area contributed by atoms with Gasteiger partial charge < -0.3 is 14.2 Å². The van der Waals surface area contributed by atoms with Gasteiger partial charge in [0.05, 0.1) is 11.7 Å². The van der Waals surface area contributed by atoms with Crippen molar-refractivity contribution in [2.45, 2.75) is 35.5 Å². The van der Waals surface area contributed by atoms with Crippen LogP contribution in [0.5, 0.6) is 0 Å². The topological polar surface area (TPSA) is 87.8 Å². The number of esters is 1. The van der Waals surface area contributed by atoms with Crippen LogP contribution >= 0.6 is 23.4 Å². The van der Waals surface area contributed by atoms with Crippen molar-refractivity contribution in [3.63, 3.8) is 0 Å². The number of thioether (sulfide) groups is 1. The number of benzene rings is 2. The zero-order valence-corrected chi connectivity index (χ0v) is 20.5. The standard InChI is InChI=1S/C25H23ClN4O4S/c1-32-19-13-20(34-21(19)14-33-25(31)17-7-9-18(26)10-8-17)22-28-29-23-24(27-11-12-30(22)23)35-15-16-5-3-2-4-6-16/h2-12,19-21H,13-15H2,1H3. The summed E-state index contributed by atoms with van der Waals surface area (Å²) in [5, 5.41) is 10.1. The molecule has 1 aliphatic rings. The highest BCUT2D eigenvalue weighted by molar-refractivity contribution is 7.98. The second-order valence-corrected chi connectivity index (χ2v) is 9.44. The number of carbonyl (C=O) groups excluding carboxylic acids is 1. The van der Waals surface area contributed by atoms with Gasteiger partial charge in [-0.05, 0) is 29.8 Å². The molecule has 35 heavy (non-hydrogen) atoms. The molecule has 8 nitrogen and oxygen atoms in total. The Morgan fingerprint density at radius 1 is 1.17 bits per heavy atom. The van der Waals surface area contributed by atoms with Crippen molar-refractivity contribution in [2.24, 2.45) is 0 Å². The number of hydrogen-bond acceptors (Lipinski definition) is 8. The Balaban J connectivity index is 1.27. The summed E-state index contributed by atoms with van der Waals surface area (Å²) in [7, 11) is 1.62. The molecule has 0 radical (unpaired) electrons. The average molecular weight is 511 g/mol. The van der Waals surface area contributed by atoms with Gasteiger partial charge in [-0.3, -0.25) is 4.40 Å². The molecule has 180 valence electrons. The van der Waals surface area contributed by atoms with Gasteiger partial charge in [0, 0.05) is 36.7 Å². The van der Waals surface area contributed by atoms with Gasteiger partial charge in [0.2, 0.25) is 0 Å². The van der Waals surface area contributed by atoms with Gasteiger partial charge in [-0.1, -0.05) is 53.7 Å². The van der Waals surface area contributed by atoms with E-state index in [4.69, 9.17) is 25.8 Å². The van der Waals surface area contributed by atoms with Gasteiger partial charge in [0.15, 0.2) is 11.5 Å². The first kappa shape index (κ1) is 23.7. The third kappa shape index (κ3) is 5.33. The minimum absolute atomic E-state index is 0.0624. The summed E-state index contributed by atoms with van der Waals surface area (Å²) in [6.45, 7) is 0.0624. The Labute approximate surface area is 211 Å². The van der Waals surface area contributed by atoms with Crippen LogP contribution in [0.4, 0.5) is 0 Å². The Bertz CT molecular complexity index is 1300. The van der Waals surface area contributed by atoms with Crippen LogP contribution in [0, 0.1) is 0 Å². The number of rotatable bonds is 8. The van der Waals surface area contributed by atoms with Crippen LogP contribution < -0.4 is 0 Å². The van der Waals surface area contributed by atoms with Crippen molar-refractivity contribution in [1.29, 1.82) is 0 Å². The third-order valence-corrected chi connectivity index (χ3v) is 7.08. The second-order valence-electron chi connectivity index (χ2n) is 8.04. The predicted octanol–water partition coefficient (Wildman–Crippen LogP) is 4.77. The number of halogens is 1. The molecule has 3 heterocycles. The first-order valence-electron chi connectivity index (χ1n) is 11.1. The number of carbonyl (C=O) groups is 1. The number of ether oxygens (including phenoxy) is 3. The van der Waals surface area contributed by atoms with E-state index in [0.717, 1.165) is 10.8 Å². The van der Waals surface area contributed by atoms with Gasteiger partial charge in [0.25, 0.3) is 0 Å². The minimum atomic E-state index is -0.442. The maximum Gasteiger partial charge on any atom is 0.338 e. The molecule has 10 heteroatoms. The minimum Gasteiger partial charge on any atom is -0.459 e. The average Bonchev–Trinajstić information content (AvgIpc) is 3.51. The van der Waals surface area contributed by atoms with Crippen molar-refractivity contribution in [1.82, 2.24) is 19.6 Å². The van der Waals surface area contributed by atoms with E-state index in [1.807, 2.05) is 28.8 Å². The molecule has 0 spiro atoms. The van der Waals surface area contributed by atoms with Crippen molar-refractivity contribution < 1.29 is 19.0 Å². The summed E-state index contributed by atoms with van der Waals surface area (Å²) in [5.74, 6) is 1.00. The van der Waals surface area contributed by atoms with Crippen LogP contribution in [-0.2, 0) is 20.0 Å². The molecule has 1 fully saturated rings. The van der Waals surface area contributed by atoms with Crippen LogP contribution in [0.25, 0.3) is 5.65 Å². The Morgan fingerprint density at radius 2 is 1.97 bits per heavy atom. The van der Waals surface area contributed by atoms with Crippen LogP contribution in [0.1, 0.15) is 34.3 Å². The van der Waals surface area contributed by atoms with Gasteiger partial charge in [-0.25, -0.2) is 9.78 Å². The lowest BCUT2D eigenvalue weighted by Gasteiger charge is -2.17. The molecular weight excluding hydrogens is 488 g/mol. The number of hydrogen-bond donors (Lipinski definition) is 0. The lowest BCUT2D eigenvalue weighted by molar-refractivity contribution is -0.0452. The summed E-state index contributed by atoms with van der Waals surface area (Å²) in [6.07, 6.45) is 3.09. The van der Waals surface area contributed by atoms with E-state index < -0.39 is 12.1 Å². The molecule has 0 N–H and O–H groups in total. The quantitative estimate of drug-likeness (QED) is 0.247. The molecule has 5 rings (SSSR count). The molecule has 0 saturated carbocycles. The maximum absolute atomic E-state index is 12.4. The molecule has 4 aromatic rings. The van der Waals surface area contributed by atoms with Crippen molar-refractivity contribution >= 4 is 35.0 Å². The Kier molecular flexibility index (Phi) is 7.29. The SMILES string of the molecule is COC1CC(c2nnc3c(SCc4ccccc4)nccn23)OC1COC(=O)c1ccc(Cl)cc1. The van der Waals surface area contributed by atoms with Gasteiger partial charge >= 0.3 is 5.97 Å². The molecule has 3 atom stereocenters. The summed E-state index contributed by atoms with van der Waals surface area (Å²) in [4.78, 5) is 16.9. The smallest absolute Gasteiger partial charge is 0.338 e. The summed E-state index contributed by atoms with van der Waals surface area (Å²) < 4.78 is 19.2. The van der Waals surface area contributed by atoms with Gasteiger partial charge in [-0.2, -0.15) is 0 Å². The lowest BCUT2D eigenvalue weighted by Crippen LogP contribution is -2.29. The molecule has 0 aliphatic carbocycles. The zero-order valence-electron chi connectivity index (χ0n) is 18.9. The molecule has 3 unspecified atom stereocenters. The zero-order chi connectivity index (χ0) is 24.2. The van der Waals surface area contributed by atoms with E-state index in [1.54, 1.807) is 49.3 Å². The molecular formula is C25H23ClN4O4S. The fourth-order valence-corrected chi connectivity index (χ4v) is 5.00. The normalized spacial score (nSPS) is 19.8. The first-order chi connectivity index (χ1) is 17.1. The number of methoxy groups -OCH3 is 1. The highest BCUT2D eigenvalue weighted by atomic mass is 35.5. The van der Waals surface area contributed by atoms with E-state index in [0.29, 0.717) is 28.5 Å². The third-order valence-electron chi connectivity index (χ3n) is 5.79. The van der Waals surface area contributed by atoms with E-state index in [-0.39, 0.29) is 18.8 Å². The van der Waals surface area contributed by atoms with Crippen LogP contribution in [-0.4, -0.2) is 51.5 Å². The van der Waals surface area contributed by atoms with Crippen molar-refractivity contribution in [3.8, 4) is 0 Å². The lowest BCUT2D eigenvalue weighted by atomic mass is 10.1. The molecule has 2 aromatic carbocycles. The van der Waals surface area contributed by atoms with E-state index in [1.165, 1.54) is 5.56 Å². The van der Waals surface area contributed by atoms with E-state index in [2.05, 4.69) is 27.3 Å². The largest absolute Gasteiger partial charge is 0.459 e. The monoisotopic (exact) mass is 510 g/mol. The number of nitrogens with zero attached hydrogens (tertiary/aromatic N) is 4. The molecule has 0 amide bonds. The van der Waals surface area contributed by atoms with Gasteiger partial charge in [-0.15, -0.1) is 10.2 Å². The van der Waals surface area contributed by atoms with Crippen molar-refractivity contribution in [3.05, 3.63) is 89.0 Å². The van der Waals surface area contributed by atoms with Crippen molar-refractivity contribution in [2.75, 3.05) is 13.7 Å². The summed E-state index contributed by atoms with van der Waals surface area (Å²) in [5.41, 5.74) is 2.31. The predicted molar refractivity (Wildman–Crippen MR) is 132 cm³/mol. The molecule has 2 aromatic heterocycles. The fraction of sp³-hybridized carbons (Fsp3) is 0.280. The van der Waals surface area contributed by atoms with E-state index >= 15 is 0 Å². The van der Waals surface area contributed by atoms with Crippen LogP contribution in [0.3, 0.4) is 0 Å². The van der Waals surface area contributed by atoms with Crippen LogP contribution in [0.15, 0.2) is 72.0 Å². The van der Waals surface area contributed by atoms with Gasteiger partial charge in [0.1, 0.15) is 23.8 Å². The maximum atomic E-state index is 12.4. The highest BCUT2D eigenvalue weighted by Gasteiger charge is 2.39. The number of fused-ring (bicyclic) bond motifs is 1. The first-order valence-corrected chi connectivity index (χ1v) is 12.5. The Morgan fingerprint density at radius 3 is 2.74 bits per heavy atom. The van der Waals surface area contributed by atoms with E-state index in [9.17, 15) is 4.79 Å². The fourth-order valence-electron chi connectivity index (χ4n) is 3.97. The Hall–Kier alpha value is -2.98. The highest BCUT2D eigenvalue weighted by Crippen LogP contribution is 2.35. The summed E-state index contributed by atoms with van der Waals surface area (Å²) in [6, 6.07) is 16.8. The summed E-state index contributed by atoms with van der Waals surface area (Å²) >= 11 is 7.50. The second kappa shape index (κ2) is 10.7. The van der Waals surface area contributed by atoms with Crippen LogP contribution in [0.2, 0.25) is 5.02 Å².